The highest BCUT2D eigenvalue weighted by Crippen LogP contribution is 2.50. The van der Waals surface area contributed by atoms with E-state index in [4.69, 9.17) is 0 Å². The van der Waals surface area contributed by atoms with Crippen LogP contribution in [0.2, 0.25) is 0 Å². The second-order valence-electron chi connectivity index (χ2n) is 4.85. The van der Waals surface area contributed by atoms with Crippen LogP contribution in [0.25, 0.3) is 0 Å². The third kappa shape index (κ3) is 2.01. The summed E-state index contributed by atoms with van der Waals surface area (Å²) in [6.07, 6.45) is 3.56. The minimum atomic E-state index is -0.510. The van der Waals surface area contributed by atoms with Crippen molar-refractivity contribution in [1.82, 2.24) is 9.55 Å². The summed E-state index contributed by atoms with van der Waals surface area (Å²) in [6, 6.07) is 0. The van der Waals surface area contributed by atoms with E-state index in [1.54, 1.807) is 6.92 Å². The van der Waals surface area contributed by atoms with Crippen molar-refractivity contribution in [2.45, 2.75) is 46.1 Å². The lowest BCUT2D eigenvalue weighted by atomic mass is 10.0. The van der Waals surface area contributed by atoms with Gasteiger partial charge in [-0.25, -0.2) is 4.79 Å². The Morgan fingerprint density at radius 3 is 2.47 bits per heavy atom. The predicted molar refractivity (Wildman–Crippen MR) is 64.3 cm³/mol. The summed E-state index contributed by atoms with van der Waals surface area (Å²) < 4.78 is 1.30. The smallest absolute Gasteiger partial charge is 0.331 e. The first-order valence-corrected chi connectivity index (χ1v) is 6.08. The van der Waals surface area contributed by atoms with Crippen LogP contribution in [-0.2, 0) is 13.0 Å². The lowest BCUT2D eigenvalue weighted by Crippen LogP contribution is -2.34. The quantitative estimate of drug-likeness (QED) is 0.821. The fraction of sp³-hybridized carbons (Fsp3) is 0.667. The molecule has 1 aliphatic carbocycles. The fourth-order valence-corrected chi connectivity index (χ4v) is 2.20. The summed E-state index contributed by atoms with van der Waals surface area (Å²) in [5, 5.41) is 9.98. The molecule has 1 aromatic heterocycles. The van der Waals surface area contributed by atoms with Crippen molar-refractivity contribution in [2.75, 3.05) is 0 Å². The summed E-state index contributed by atoms with van der Waals surface area (Å²) in [5.74, 6) is -0.166. The Labute approximate surface area is 99.1 Å². The number of aromatic amines is 1. The van der Waals surface area contributed by atoms with Gasteiger partial charge >= 0.3 is 5.69 Å². The molecular formula is C12H18N2O3. The number of nitrogens with zero attached hydrogens (tertiary/aromatic N) is 1. The van der Waals surface area contributed by atoms with Gasteiger partial charge in [0.15, 0.2) is 0 Å². The first kappa shape index (κ1) is 12.0. The zero-order valence-corrected chi connectivity index (χ0v) is 10.2. The summed E-state index contributed by atoms with van der Waals surface area (Å²) in [5.41, 5.74) is -0.557. The predicted octanol–water partition coefficient (Wildman–Crippen LogP) is 0.995. The van der Waals surface area contributed by atoms with E-state index < -0.39 is 11.2 Å². The standard InChI is InChI=1S/C12H18N2O3/c1-3-8-9(15)13-11(17)14(10(8)16)7-12(4-2)5-6-12/h16H,3-7H2,1-2H3,(H,13,15,17). The lowest BCUT2D eigenvalue weighted by Gasteiger charge is -2.16. The van der Waals surface area contributed by atoms with E-state index in [0.29, 0.717) is 13.0 Å². The molecule has 0 saturated heterocycles. The molecule has 0 unspecified atom stereocenters. The normalized spacial score (nSPS) is 17.1. The Morgan fingerprint density at radius 2 is 2.00 bits per heavy atom. The van der Waals surface area contributed by atoms with Gasteiger partial charge in [0, 0.05) is 6.54 Å². The third-order valence-electron chi connectivity index (χ3n) is 3.82. The molecule has 0 bridgehead atoms. The zero-order chi connectivity index (χ0) is 12.6. The van der Waals surface area contributed by atoms with Crippen LogP contribution < -0.4 is 11.2 Å². The van der Waals surface area contributed by atoms with Crippen molar-refractivity contribution in [1.29, 1.82) is 0 Å². The average molecular weight is 238 g/mol. The van der Waals surface area contributed by atoms with Crippen molar-refractivity contribution < 1.29 is 5.11 Å². The molecule has 94 valence electrons. The third-order valence-corrected chi connectivity index (χ3v) is 3.82. The van der Waals surface area contributed by atoms with E-state index >= 15 is 0 Å². The average Bonchev–Trinajstić information content (AvgIpc) is 3.05. The van der Waals surface area contributed by atoms with Gasteiger partial charge in [-0.1, -0.05) is 13.8 Å². The van der Waals surface area contributed by atoms with E-state index in [1.165, 1.54) is 4.57 Å². The maximum Gasteiger partial charge on any atom is 0.331 e. The molecule has 1 aromatic rings. The molecule has 17 heavy (non-hydrogen) atoms. The first-order chi connectivity index (χ1) is 8.03. The number of rotatable bonds is 4. The molecule has 0 spiro atoms. The minimum absolute atomic E-state index is 0.143. The van der Waals surface area contributed by atoms with E-state index in [9.17, 15) is 14.7 Å². The molecule has 0 radical (unpaired) electrons. The van der Waals surface area contributed by atoms with E-state index in [-0.39, 0.29) is 16.9 Å². The second kappa shape index (κ2) is 4.05. The van der Waals surface area contributed by atoms with Crippen molar-refractivity contribution >= 4 is 0 Å². The molecule has 1 aliphatic rings. The summed E-state index contributed by atoms with van der Waals surface area (Å²) in [6.45, 7) is 4.37. The Hall–Kier alpha value is -1.52. The molecule has 0 atom stereocenters. The molecule has 1 heterocycles. The molecule has 2 N–H and O–H groups in total. The van der Waals surface area contributed by atoms with Crippen LogP contribution in [0.15, 0.2) is 9.59 Å². The number of aromatic nitrogens is 2. The van der Waals surface area contributed by atoms with Gasteiger partial charge in [-0.15, -0.1) is 0 Å². The fourth-order valence-electron chi connectivity index (χ4n) is 2.20. The van der Waals surface area contributed by atoms with Gasteiger partial charge in [-0.2, -0.15) is 0 Å². The van der Waals surface area contributed by atoms with Crippen molar-refractivity contribution in [3.05, 3.63) is 26.4 Å². The highest BCUT2D eigenvalue weighted by molar-refractivity contribution is 5.22. The van der Waals surface area contributed by atoms with E-state index in [2.05, 4.69) is 11.9 Å². The van der Waals surface area contributed by atoms with Gasteiger partial charge in [0.2, 0.25) is 5.88 Å². The SMILES string of the molecule is CCc1c(O)n(CC2(CC)CC2)c(=O)[nH]c1=O. The summed E-state index contributed by atoms with van der Waals surface area (Å²) in [4.78, 5) is 25.4. The van der Waals surface area contributed by atoms with Crippen LogP contribution in [0.1, 0.15) is 38.7 Å². The Kier molecular flexibility index (Phi) is 2.85. The number of hydrogen-bond donors (Lipinski definition) is 2. The highest BCUT2D eigenvalue weighted by atomic mass is 16.3. The number of H-pyrrole nitrogens is 1. The van der Waals surface area contributed by atoms with Gasteiger partial charge in [-0.3, -0.25) is 14.3 Å². The number of aromatic hydroxyl groups is 1. The number of nitrogens with one attached hydrogen (secondary N) is 1. The molecule has 0 amide bonds. The van der Waals surface area contributed by atoms with E-state index in [1.807, 2.05) is 0 Å². The molecule has 1 fully saturated rings. The van der Waals surface area contributed by atoms with Crippen LogP contribution in [0, 0.1) is 5.41 Å². The van der Waals surface area contributed by atoms with Crippen molar-refractivity contribution in [3.63, 3.8) is 0 Å². The molecule has 0 aliphatic heterocycles. The van der Waals surface area contributed by atoms with Gasteiger partial charge in [0.1, 0.15) is 0 Å². The number of hydrogen-bond acceptors (Lipinski definition) is 3. The maximum absolute atomic E-state index is 11.7. The minimum Gasteiger partial charge on any atom is -0.494 e. The maximum atomic E-state index is 11.7. The van der Waals surface area contributed by atoms with Crippen molar-refractivity contribution in [2.24, 2.45) is 5.41 Å². The van der Waals surface area contributed by atoms with Crippen LogP contribution in [-0.4, -0.2) is 14.7 Å². The van der Waals surface area contributed by atoms with Gasteiger partial charge < -0.3 is 5.11 Å². The topological polar surface area (TPSA) is 75.1 Å². The van der Waals surface area contributed by atoms with Gasteiger partial charge in [0.25, 0.3) is 5.56 Å². The summed E-state index contributed by atoms with van der Waals surface area (Å²) in [7, 11) is 0. The molecule has 5 nitrogen and oxygen atoms in total. The molecular weight excluding hydrogens is 220 g/mol. The molecule has 5 heteroatoms. The first-order valence-electron chi connectivity index (χ1n) is 6.08. The van der Waals surface area contributed by atoms with E-state index in [0.717, 1.165) is 19.3 Å². The lowest BCUT2D eigenvalue weighted by molar-refractivity contribution is 0.335. The molecule has 2 rings (SSSR count). The van der Waals surface area contributed by atoms with Crippen LogP contribution in [0.5, 0.6) is 5.88 Å². The second-order valence-corrected chi connectivity index (χ2v) is 4.85. The monoisotopic (exact) mass is 238 g/mol. The van der Waals surface area contributed by atoms with Gasteiger partial charge in [-0.05, 0) is 31.1 Å². The van der Waals surface area contributed by atoms with Crippen LogP contribution in [0.3, 0.4) is 0 Å². The molecule has 1 saturated carbocycles. The summed E-state index contributed by atoms with van der Waals surface area (Å²) >= 11 is 0. The van der Waals surface area contributed by atoms with Gasteiger partial charge in [0.05, 0.1) is 5.56 Å². The highest BCUT2D eigenvalue weighted by Gasteiger charge is 2.41. The Morgan fingerprint density at radius 1 is 1.35 bits per heavy atom. The van der Waals surface area contributed by atoms with Crippen molar-refractivity contribution in [3.8, 4) is 5.88 Å². The largest absolute Gasteiger partial charge is 0.494 e. The Bertz CT molecular complexity index is 538. The van der Waals surface area contributed by atoms with Crippen LogP contribution in [0.4, 0.5) is 0 Å². The Balaban J connectivity index is 2.47. The van der Waals surface area contributed by atoms with Crippen LogP contribution >= 0.6 is 0 Å². The molecule has 0 aromatic carbocycles. The zero-order valence-electron chi connectivity index (χ0n) is 10.2.